The zero-order chi connectivity index (χ0) is 22.3. The Bertz CT molecular complexity index is 778. The Hall–Kier alpha value is -1.36. The lowest BCUT2D eigenvalue weighted by Crippen LogP contribution is -2.23. The standard InChI is InChI=1S/C20H26F3NO4S2/c1-20(28,9-6-14(21)17(22)23)8-2-3-12-4-5-16(25)13(12)7-10-29-19-24-15(11-30-19)18(26)27/h2-3,11-13,16,25,28H,4-10H2,1H3,(H,26,27)/t12-,13+,16-,20+/m0/s1. The normalized spacial score (nSPS) is 23.6. The molecule has 1 aliphatic rings. The van der Waals surface area contributed by atoms with Crippen LogP contribution in [0.15, 0.2) is 33.8 Å². The molecule has 30 heavy (non-hydrogen) atoms. The van der Waals surface area contributed by atoms with E-state index >= 15 is 0 Å². The molecular weight excluding hydrogens is 439 g/mol. The molecule has 1 heterocycles. The second-order valence-electron chi connectivity index (χ2n) is 7.71. The summed E-state index contributed by atoms with van der Waals surface area (Å²) in [6.45, 7) is 1.48. The molecule has 4 atom stereocenters. The number of thioether (sulfide) groups is 1. The predicted molar refractivity (Wildman–Crippen MR) is 111 cm³/mol. The fourth-order valence-corrected chi connectivity index (χ4v) is 5.41. The quantitative estimate of drug-likeness (QED) is 0.305. The summed E-state index contributed by atoms with van der Waals surface area (Å²) in [6.07, 6.45) is 2.73. The Morgan fingerprint density at radius 2 is 2.13 bits per heavy atom. The minimum atomic E-state index is -2.35. The van der Waals surface area contributed by atoms with E-state index in [9.17, 15) is 28.2 Å². The van der Waals surface area contributed by atoms with Crippen molar-refractivity contribution < 1.29 is 33.3 Å². The van der Waals surface area contributed by atoms with Crippen LogP contribution in [0.25, 0.3) is 0 Å². The number of carbonyl (C=O) groups is 1. The SMILES string of the molecule is C[C@@](O)(CC=C[C@H]1CC[C@H](O)[C@@H]1CCSc1nc(C(=O)O)cs1)CCC(F)=C(F)F. The van der Waals surface area contributed by atoms with Gasteiger partial charge in [-0.3, -0.25) is 0 Å². The van der Waals surface area contributed by atoms with Crippen molar-refractivity contribution in [3.63, 3.8) is 0 Å². The number of hydrogen-bond donors (Lipinski definition) is 3. The van der Waals surface area contributed by atoms with Crippen LogP contribution >= 0.6 is 23.1 Å². The maximum atomic E-state index is 12.9. The summed E-state index contributed by atoms with van der Waals surface area (Å²) in [5, 5.41) is 31.0. The van der Waals surface area contributed by atoms with Crippen LogP contribution in [0.1, 0.15) is 55.9 Å². The van der Waals surface area contributed by atoms with Crippen molar-refractivity contribution in [2.75, 3.05) is 5.75 Å². The highest BCUT2D eigenvalue weighted by atomic mass is 32.2. The van der Waals surface area contributed by atoms with Crippen LogP contribution in [0.3, 0.4) is 0 Å². The first-order chi connectivity index (χ1) is 14.1. The number of thiazole rings is 1. The van der Waals surface area contributed by atoms with Crippen molar-refractivity contribution in [2.24, 2.45) is 11.8 Å². The first-order valence-electron chi connectivity index (χ1n) is 9.67. The smallest absolute Gasteiger partial charge is 0.355 e. The molecule has 1 aromatic heterocycles. The van der Waals surface area contributed by atoms with E-state index in [0.29, 0.717) is 16.5 Å². The summed E-state index contributed by atoms with van der Waals surface area (Å²) in [7, 11) is 0. The first-order valence-corrected chi connectivity index (χ1v) is 11.5. The molecule has 0 saturated heterocycles. The number of carboxylic acid groups (broad SMARTS) is 1. The number of allylic oxidation sites excluding steroid dienone is 2. The third-order valence-corrected chi connectivity index (χ3v) is 7.30. The fourth-order valence-electron chi connectivity index (χ4n) is 3.50. The second-order valence-corrected chi connectivity index (χ2v) is 9.91. The monoisotopic (exact) mass is 465 g/mol. The van der Waals surface area contributed by atoms with Crippen LogP contribution in [0, 0.1) is 11.8 Å². The number of nitrogens with zero attached hydrogens (tertiary/aromatic N) is 1. The first kappa shape index (κ1) is 24.9. The van der Waals surface area contributed by atoms with Crippen LogP contribution in [0.4, 0.5) is 13.2 Å². The highest BCUT2D eigenvalue weighted by molar-refractivity contribution is 8.01. The Morgan fingerprint density at radius 1 is 1.40 bits per heavy atom. The molecule has 10 heteroatoms. The lowest BCUT2D eigenvalue weighted by molar-refractivity contribution is 0.0521. The van der Waals surface area contributed by atoms with E-state index in [0.717, 1.165) is 12.8 Å². The van der Waals surface area contributed by atoms with Crippen molar-refractivity contribution in [1.82, 2.24) is 4.98 Å². The van der Waals surface area contributed by atoms with Gasteiger partial charge in [0.15, 0.2) is 15.9 Å². The summed E-state index contributed by atoms with van der Waals surface area (Å²) >= 11 is 2.73. The third kappa shape index (κ3) is 7.72. The number of rotatable bonds is 11. The number of aromatic nitrogens is 1. The molecule has 0 aromatic carbocycles. The highest BCUT2D eigenvalue weighted by Crippen LogP contribution is 2.37. The Labute approximate surface area is 181 Å². The van der Waals surface area contributed by atoms with Crippen molar-refractivity contribution in [3.8, 4) is 0 Å². The maximum Gasteiger partial charge on any atom is 0.355 e. The van der Waals surface area contributed by atoms with Gasteiger partial charge in [0, 0.05) is 17.6 Å². The van der Waals surface area contributed by atoms with E-state index in [1.165, 1.54) is 35.4 Å². The van der Waals surface area contributed by atoms with Gasteiger partial charge < -0.3 is 15.3 Å². The van der Waals surface area contributed by atoms with Gasteiger partial charge in [0.25, 0.3) is 0 Å². The van der Waals surface area contributed by atoms with Crippen LogP contribution in [0.5, 0.6) is 0 Å². The van der Waals surface area contributed by atoms with E-state index in [2.05, 4.69) is 4.98 Å². The van der Waals surface area contributed by atoms with Crippen molar-refractivity contribution in [1.29, 1.82) is 0 Å². The van der Waals surface area contributed by atoms with Gasteiger partial charge in [-0.25, -0.2) is 14.2 Å². The Kier molecular flexibility index (Phi) is 9.39. The van der Waals surface area contributed by atoms with E-state index in [1.54, 1.807) is 6.08 Å². The minimum absolute atomic E-state index is 0.0286. The second kappa shape index (κ2) is 11.3. The molecule has 2 rings (SSSR count). The average Bonchev–Trinajstić information content (AvgIpc) is 3.28. The maximum absolute atomic E-state index is 12.9. The van der Waals surface area contributed by atoms with Gasteiger partial charge in [-0.1, -0.05) is 23.9 Å². The van der Waals surface area contributed by atoms with Crippen LogP contribution in [-0.4, -0.2) is 43.7 Å². The molecule has 168 valence electrons. The van der Waals surface area contributed by atoms with Crippen LogP contribution in [-0.2, 0) is 0 Å². The Balaban J connectivity index is 1.82. The minimum Gasteiger partial charge on any atom is -0.476 e. The molecule has 1 saturated carbocycles. The molecule has 1 aliphatic carbocycles. The lowest BCUT2D eigenvalue weighted by atomic mass is 9.90. The van der Waals surface area contributed by atoms with Crippen LogP contribution < -0.4 is 0 Å². The van der Waals surface area contributed by atoms with Crippen molar-refractivity contribution in [3.05, 3.63) is 35.1 Å². The molecule has 0 amide bonds. The van der Waals surface area contributed by atoms with Gasteiger partial charge in [-0.15, -0.1) is 11.3 Å². The summed E-state index contributed by atoms with van der Waals surface area (Å²) in [5.41, 5.74) is -1.26. The molecule has 0 bridgehead atoms. The number of hydrogen-bond acceptors (Lipinski definition) is 6. The average molecular weight is 466 g/mol. The zero-order valence-electron chi connectivity index (χ0n) is 16.6. The van der Waals surface area contributed by atoms with E-state index < -0.39 is 36.0 Å². The van der Waals surface area contributed by atoms with E-state index in [-0.39, 0.29) is 30.4 Å². The predicted octanol–water partition coefficient (Wildman–Crippen LogP) is 5.27. The van der Waals surface area contributed by atoms with Crippen molar-refractivity contribution >= 4 is 29.1 Å². The van der Waals surface area contributed by atoms with Gasteiger partial charge in [-0.05, 0) is 50.9 Å². The van der Waals surface area contributed by atoms with Gasteiger partial charge in [0.05, 0.1) is 11.7 Å². The summed E-state index contributed by atoms with van der Waals surface area (Å²) in [6, 6.07) is 0. The molecule has 3 N–H and O–H groups in total. The number of aliphatic hydroxyl groups excluding tert-OH is 1. The molecule has 1 fully saturated rings. The molecular formula is C20H26F3NO4S2. The van der Waals surface area contributed by atoms with Gasteiger partial charge in [-0.2, -0.15) is 8.78 Å². The molecule has 0 radical (unpaired) electrons. The molecule has 0 spiro atoms. The van der Waals surface area contributed by atoms with Gasteiger partial charge in [0.1, 0.15) is 0 Å². The number of aliphatic hydroxyl groups is 2. The van der Waals surface area contributed by atoms with Crippen molar-refractivity contribution in [2.45, 2.75) is 61.5 Å². The lowest BCUT2D eigenvalue weighted by Gasteiger charge is -2.22. The third-order valence-electron chi connectivity index (χ3n) is 5.25. The topological polar surface area (TPSA) is 90.7 Å². The van der Waals surface area contributed by atoms with Crippen LogP contribution in [0.2, 0.25) is 0 Å². The summed E-state index contributed by atoms with van der Waals surface area (Å²) < 4.78 is 37.9. The largest absolute Gasteiger partial charge is 0.476 e. The summed E-state index contributed by atoms with van der Waals surface area (Å²) in [4.78, 5) is 14.9. The molecule has 5 nitrogen and oxygen atoms in total. The molecule has 1 aromatic rings. The summed E-state index contributed by atoms with van der Waals surface area (Å²) in [5.74, 6) is -1.69. The molecule has 0 aliphatic heterocycles. The fraction of sp³-hybridized carbons (Fsp3) is 0.600. The van der Waals surface area contributed by atoms with Gasteiger partial charge in [0.2, 0.25) is 0 Å². The van der Waals surface area contributed by atoms with E-state index in [4.69, 9.17) is 5.11 Å². The number of aromatic carboxylic acids is 1. The van der Waals surface area contributed by atoms with E-state index in [1.807, 2.05) is 6.08 Å². The van der Waals surface area contributed by atoms with Gasteiger partial charge >= 0.3 is 12.0 Å². The highest BCUT2D eigenvalue weighted by Gasteiger charge is 2.33. The Morgan fingerprint density at radius 3 is 2.77 bits per heavy atom. The molecule has 0 unspecified atom stereocenters. The number of halogens is 3. The number of carboxylic acids is 1. The zero-order valence-corrected chi connectivity index (χ0v) is 18.2.